The Kier molecular flexibility index (Phi) is 2.25. The molecule has 1 N–H and O–H groups in total. The summed E-state index contributed by atoms with van der Waals surface area (Å²) in [5, 5.41) is 0. The van der Waals surface area contributed by atoms with E-state index in [0.29, 0.717) is 0 Å². The van der Waals surface area contributed by atoms with Gasteiger partial charge in [0, 0.05) is 12.8 Å². The Labute approximate surface area is 43.4 Å². The Balaban J connectivity index is 3.60. The summed E-state index contributed by atoms with van der Waals surface area (Å²) in [7, 11) is -2.86. The molecular formula is C3H8NO2S. The first-order valence-electron chi connectivity index (χ1n) is 1.88. The summed E-state index contributed by atoms with van der Waals surface area (Å²) < 4.78 is 20.2. The highest BCUT2D eigenvalue weighted by molar-refractivity contribution is 7.90. The fourth-order valence-corrected chi connectivity index (χ4v) is 0.556. The van der Waals surface area contributed by atoms with E-state index in [0.717, 1.165) is 6.26 Å². The van der Waals surface area contributed by atoms with Crippen molar-refractivity contribution in [3.63, 3.8) is 0 Å². The maximum absolute atomic E-state index is 10.1. The fraction of sp³-hybridized carbons (Fsp3) is 1.00. The Morgan fingerprint density at radius 1 is 1.57 bits per heavy atom. The molecule has 1 radical (unpaired) electrons. The second-order valence-electron chi connectivity index (χ2n) is 1.38. The molecule has 0 aromatic rings. The average molecular weight is 122 g/mol. The maximum atomic E-state index is 10.1. The predicted octanol–water partition coefficient (Wildman–Crippen LogP) is -0.686. The van der Waals surface area contributed by atoms with Crippen LogP contribution in [0.3, 0.4) is 0 Å². The molecule has 0 aliphatic carbocycles. The third-order valence-electron chi connectivity index (χ3n) is 0.473. The van der Waals surface area contributed by atoms with E-state index in [2.05, 4.69) is 0 Å². The first-order valence-corrected chi connectivity index (χ1v) is 3.94. The van der Waals surface area contributed by atoms with E-state index < -0.39 is 9.84 Å². The molecule has 0 saturated heterocycles. The zero-order chi connectivity index (χ0) is 5.91. The molecule has 0 rings (SSSR count). The van der Waals surface area contributed by atoms with Crippen molar-refractivity contribution >= 4 is 9.84 Å². The number of hydrogen-bond donors (Lipinski definition) is 0. The van der Waals surface area contributed by atoms with Crippen LogP contribution in [0.4, 0.5) is 0 Å². The minimum atomic E-state index is -2.86. The zero-order valence-corrected chi connectivity index (χ0v) is 4.96. The van der Waals surface area contributed by atoms with Crippen LogP contribution in [-0.4, -0.2) is 27.0 Å². The highest BCUT2D eigenvalue weighted by atomic mass is 32.2. The van der Waals surface area contributed by atoms with Crippen LogP contribution < -0.4 is 5.73 Å². The van der Waals surface area contributed by atoms with Crippen molar-refractivity contribution in [3.05, 3.63) is 0 Å². The summed E-state index contributed by atoms with van der Waals surface area (Å²) in [5.41, 5.74) is 6.48. The Morgan fingerprint density at radius 2 is 2.00 bits per heavy atom. The van der Waals surface area contributed by atoms with Gasteiger partial charge in [-0.3, -0.25) is 5.73 Å². The highest BCUT2D eigenvalue weighted by Gasteiger charge is 1.96. The molecule has 7 heavy (non-hydrogen) atoms. The van der Waals surface area contributed by atoms with Crippen molar-refractivity contribution in [2.24, 2.45) is 0 Å². The van der Waals surface area contributed by atoms with Crippen molar-refractivity contribution in [3.8, 4) is 0 Å². The maximum Gasteiger partial charge on any atom is 0.148 e. The summed E-state index contributed by atoms with van der Waals surface area (Å²) >= 11 is 0. The van der Waals surface area contributed by atoms with Gasteiger partial charge in [-0.05, 0) is 0 Å². The molecule has 3 nitrogen and oxygen atoms in total. The second kappa shape index (κ2) is 2.28. The van der Waals surface area contributed by atoms with E-state index in [1.807, 2.05) is 0 Å². The zero-order valence-electron chi connectivity index (χ0n) is 4.14. The lowest BCUT2D eigenvalue weighted by Gasteiger charge is -1.86. The van der Waals surface area contributed by atoms with Crippen LogP contribution in [0, 0.1) is 0 Å². The normalized spacial score (nSPS) is 11.7. The molecule has 0 bridgehead atoms. The Hall–Kier alpha value is -0.0900. The SMILES string of the molecule is CS(=O)(=O)CC[NH]. The lowest BCUT2D eigenvalue weighted by molar-refractivity contribution is 0.601. The standard InChI is InChI=1S/C3H8NO2S/c1-7(5,6)3-2-4/h4H,2-3H2,1H3. The Bertz CT molecular complexity index is 126. The first kappa shape index (κ1) is 6.91. The van der Waals surface area contributed by atoms with E-state index >= 15 is 0 Å². The van der Waals surface area contributed by atoms with Gasteiger partial charge in [0.05, 0.1) is 5.75 Å². The van der Waals surface area contributed by atoms with E-state index in [4.69, 9.17) is 5.73 Å². The molecule has 0 aliphatic rings. The second-order valence-corrected chi connectivity index (χ2v) is 3.64. The average Bonchev–Trinajstić information content (AvgIpc) is 1.30. The smallest absolute Gasteiger partial charge is 0.148 e. The summed E-state index contributed by atoms with van der Waals surface area (Å²) in [4.78, 5) is 0. The highest BCUT2D eigenvalue weighted by Crippen LogP contribution is 1.76. The molecule has 0 saturated carbocycles. The van der Waals surface area contributed by atoms with Gasteiger partial charge in [-0.15, -0.1) is 0 Å². The molecule has 0 atom stereocenters. The molecule has 0 spiro atoms. The molecule has 0 amide bonds. The van der Waals surface area contributed by atoms with Crippen LogP contribution in [0.5, 0.6) is 0 Å². The van der Waals surface area contributed by atoms with Gasteiger partial charge < -0.3 is 0 Å². The molecule has 0 fully saturated rings. The van der Waals surface area contributed by atoms with Crippen LogP contribution in [0.25, 0.3) is 0 Å². The predicted molar refractivity (Wildman–Crippen MR) is 27.7 cm³/mol. The number of nitrogens with one attached hydrogen (secondary N) is 1. The van der Waals surface area contributed by atoms with Gasteiger partial charge >= 0.3 is 0 Å². The van der Waals surface area contributed by atoms with Gasteiger partial charge in [0.1, 0.15) is 9.84 Å². The minimum absolute atomic E-state index is 0.0208. The topological polar surface area (TPSA) is 57.9 Å². The summed E-state index contributed by atoms with van der Waals surface area (Å²) in [5.74, 6) is -0.0208. The van der Waals surface area contributed by atoms with Gasteiger partial charge in [0.2, 0.25) is 0 Å². The van der Waals surface area contributed by atoms with E-state index in [-0.39, 0.29) is 12.3 Å². The molecule has 0 aromatic heterocycles. The van der Waals surface area contributed by atoms with Gasteiger partial charge in [0.15, 0.2) is 0 Å². The van der Waals surface area contributed by atoms with Crippen LogP contribution in [-0.2, 0) is 9.84 Å². The summed E-state index contributed by atoms with van der Waals surface area (Å²) in [6, 6.07) is 0. The van der Waals surface area contributed by atoms with Crippen molar-refractivity contribution < 1.29 is 8.42 Å². The summed E-state index contributed by atoms with van der Waals surface area (Å²) in [6.07, 6.45) is 1.13. The van der Waals surface area contributed by atoms with Gasteiger partial charge in [-0.2, -0.15) is 0 Å². The quantitative estimate of drug-likeness (QED) is 0.487. The van der Waals surface area contributed by atoms with Crippen molar-refractivity contribution in [2.75, 3.05) is 18.6 Å². The van der Waals surface area contributed by atoms with Crippen LogP contribution in [0.15, 0.2) is 0 Å². The van der Waals surface area contributed by atoms with Gasteiger partial charge in [-0.25, -0.2) is 8.42 Å². The molecule has 4 heteroatoms. The number of hydrogen-bond acceptors (Lipinski definition) is 2. The number of rotatable bonds is 2. The fourth-order valence-electron chi connectivity index (χ4n) is 0.185. The van der Waals surface area contributed by atoms with E-state index in [1.54, 1.807) is 0 Å². The van der Waals surface area contributed by atoms with Crippen LogP contribution in [0.2, 0.25) is 0 Å². The lowest BCUT2D eigenvalue weighted by atomic mass is 10.8. The first-order chi connectivity index (χ1) is 3.06. The molecule has 0 aromatic carbocycles. The largest absolute Gasteiger partial charge is 0.257 e. The van der Waals surface area contributed by atoms with Gasteiger partial charge in [0.25, 0.3) is 0 Å². The van der Waals surface area contributed by atoms with Crippen molar-refractivity contribution in [1.29, 1.82) is 0 Å². The lowest BCUT2D eigenvalue weighted by Crippen LogP contribution is -2.07. The molecular weight excluding hydrogens is 114 g/mol. The number of sulfone groups is 1. The molecule has 0 aliphatic heterocycles. The van der Waals surface area contributed by atoms with E-state index in [9.17, 15) is 8.42 Å². The molecule has 43 valence electrons. The third-order valence-corrected chi connectivity index (χ3v) is 1.42. The third kappa shape index (κ3) is 5.91. The minimum Gasteiger partial charge on any atom is -0.257 e. The Morgan fingerprint density at radius 3 is 2.00 bits per heavy atom. The van der Waals surface area contributed by atoms with E-state index in [1.165, 1.54) is 0 Å². The molecule has 0 unspecified atom stereocenters. The van der Waals surface area contributed by atoms with Crippen molar-refractivity contribution in [1.82, 2.24) is 5.73 Å². The summed E-state index contributed by atoms with van der Waals surface area (Å²) in [6.45, 7) is -0.0289. The monoisotopic (exact) mass is 122 g/mol. The van der Waals surface area contributed by atoms with Crippen LogP contribution >= 0.6 is 0 Å². The van der Waals surface area contributed by atoms with Crippen molar-refractivity contribution in [2.45, 2.75) is 0 Å². The molecule has 0 heterocycles. The van der Waals surface area contributed by atoms with Gasteiger partial charge in [-0.1, -0.05) is 0 Å². The van der Waals surface area contributed by atoms with Crippen LogP contribution in [0.1, 0.15) is 0 Å².